The Morgan fingerprint density at radius 3 is 1.77 bits per heavy atom. The highest BCUT2D eigenvalue weighted by Gasteiger charge is 2.51. The Balaban J connectivity index is 2.51. The summed E-state index contributed by atoms with van der Waals surface area (Å²) in [6, 6.07) is 17.8. The lowest BCUT2D eigenvalue weighted by atomic mass is 9.70. The molecule has 5 heteroatoms. The van der Waals surface area contributed by atoms with Gasteiger partial charge in [0.2, 0.25) is 0 Å². The van der Waals surface area contributed by atoms with Gasteiger partial charge in [-0.3, -0.25) is 14.4 Å². The number of benzene rings is 2. The summed E-state index contributed by atoms with van der Waals surface area (Å²) in [5.74, 6) is -2.37. The van der Waals surface area contributed by atoms with E-state index in [0.29, 0.717) is 11.1 Å². The Bertz CT molecular complexity index is 752. The first-order chi connectivity index (χ1) is 12.4. The van der Waals surface area contributed by atoms with Gasteiger partial charge in [-0.2, -0.15) is 0 Å². The summed E-state index contributed by atoms with van der Waals surface area (Å²) < 4.78 is 9.75. The summed E-state index contributed by atoms with van der Waals surface area (Å²) in [5.41, 5.74) is -0.435. The topological polar surface area (TPSA) is 69.7 Å². The van der Waals surface area contributed by atoms with Crippen molar-refractivity contribution in [1.29, 1.82) is 0 Å². The minimum Gasteiger partial charge on any atom is -0.468 e. The van der Waals surface area contributed by atoms with E-state index in [1.54, 1.807) is 48.5 Å². The van der Waals surface area contributed by atoms with Gasteiger partial charge in [0.1, 0.15) is 0 Å². The number of ketones is 1. The van der Waals surface area contributed by atoms with Crippen LogP contribution in [0.3, 0.4) is 0 Å². The van der Waals surface area contributed by atoms with E-state index in [-0.39, 0.29) is 12.2 Å². The molecule has 0 amide bonds. The van der Waals surface area contributed by atoms with Gasteiger partial charge in [-0.15, -0.1) is 0 Å². The van der Waals surface area contributed by atoms with Crippen LogP contribution in [0.4, 0.5) is 0 Å². The molecule has 136 valence electrons. The molecule has 2 rings (SSSR count). The molecule has 26 heavy (non-hydrogen) atoms. The van der Waals surface area contributed by atoms with Gasteiger partial charge in [-0.25, -0.2) is 0 Å². The second-order valence-electron chi connectivity index (χ2n) is 6.14. The maximum Gasteiger partial charge on any atom is 0.323 e. The van der Waals surface area contributed by atoms with Crippen molar-refractivity contribution in [2.24, 2.45) is 5.41 Å². The smallest absolute Gasteiger partial charge is 0.323 e. The van der Waals surface area contributed by atoms with Crippen LogP contribution in [0.25, 0.3) is 0 Å². The molecule has 5 nitrogen and oxygen atoms in total. The summed E-state index contributed by atoms with van der Waals surface area (Å²) >= 11 is 0. The first kappa shape index (κ1) is 19.4. The lowest BCUT2D eigenvalue weighted by Crippen LogP contribution is -2.44. The molecule has 0 aliphatic heterocycles. The van der Waals surface area contributed by atoms with E-state index in [2.05, 4.69) is 0 Å². The Morgan fingerprint density at radius 2 is 1.31 bits per heavy atom. The van der Waals surface area contributed by atoms with Crippen LogP contribution in [-0.2, 0) is 19.1 Å². The fraction of sp³-hybridized carbons (Fsp3) is 0.286. The van der Waals surface area contributed by atoms with Gasteiger partial charge in [0.05, 0.1) is 14.2 Å². The molecule has 2 aromatic carbocycles. The molecule has 0 saturated carbocycles. The van der Waals surface area contributed by atoms with Crippen molar-refractivity contribution in [1.82, 2.24) is 0 Å². The van der Waals surface area contributed by atoms with Crippen molar-refractivity contribution in [3.8, 4) is 0 Å². The van der Waals surface area contributed by atoms with Gasteiger partial charge in [-0.1, -0.05) is 60.7 Å². The van der Waals surface area contributed by atoms with Gasteiger partial charge >= 0.3 is 11.9 Å². The van der Waals surface area contributed by atoms with Crippen LogP contribution in [0.15, 0.2) is 60.7 Å². The van der Waals surface area contributed by atoms with Crippen molar-refractivity contribution in [3.05, 3.63) is 71.8 Å². The van der Waals surface area contributed by atoms with Gasteiger partial charge in [0.15, 0.2) is 11.2 Å². The molecule has 0 radical (unpaired) electrons. The molecular formula is C21H22O5. The van der Waals surface area contributed by atoms with Crippen LogP contribution < -0.4 is 0 Å². The molecule has 1 unspecified atom stereocenters. The fourth-order valence-corrected chi connectivity index (χ4v) is 3.06. The standard InChI is InChI=1S/C21H22O5/c1-21(19(23)25-2,20(24)26-3)17(15-10-6-4-7-11-15)14-18(22)16-12-8-5-9-13-16/h4-13,17H,14H2,1-3H3. The van der Waals surface area contributed by atoms with E-state index in [4.69, 9.17) is 9.47 Å². The van der Waals surface area contributed by atoms with Crippen molar-refractivity contribution in [3.63, 3.8) is 0 Å². The van der Waals surface area contributed by atoms with Crippen LogP contribution in [0.2, 0.25) is 0 Å². The fourth-order valence-electron chi connectivity index (χ4n) is 3.06. The highest BCUT2D eigenvalue weighted by Crippen LogP contribution is 2.41. The zero-order valence-electron chi connectivity index (χ0n) is 15.1. The number of esters is 2. The number of methoxy groups -OCH3 is 2. The van der Waals surface area contributed by atoms with E-state index in [9.17, 15) is 14.4 Å². The van der Waals surface area contributed by atoms with Crippen LogP contribution in [-0.4, -0.2) is 31.9 Å². The molecule has 1 atom stereocenters. The molecule has 0 fully saturated rings. The minimum absolute atomic E-state index is 0.0330. The van der Waals surface area contributed by atoms with Gasteiger partial charge in [0, 0.05) is 17.9 Å². The largest absolute Gasteiger partial charge is 0.468 e. The second-order valence-corrected chi connectivity index (χ2v) is 6.14. The second kappa shape index (κ2) is 8.43. The number of rotatable bonds is 7. The predicted molar refractivity (Wildman–Crippen MR) is 96.7 cm³/mol. The van der Waals surface area contributed by atoms with Crippen LogP contribution in [0, 0.1) is 5.41 Å². The number of carbonyl (C=O) groups excluding carboxylic acids is 3. The molecule has 0 saturated heterocycles. The third-order valence-electron chi connectivity index (χ3n) is 4.60. The van der Waals surface area contributed by atoms with Crippen molar-refractivity contribution in [2.75, 3.05) is 14.2 Å². The van der Waals surface area contributed by atoms with Gasteiger partial charge in [-0.05, 0) is 12.5 Å². The van der Waals surface area contributed by atoms with Crippen LogP contribution in [0.5, 0.6) is 0 Å². The number of Topliss-reactive ketones (excluding diaryl/α,β-unsaturated/α-hetero) is 1. The van der Waals surface area contributed by atoms with Gasteiger partial charge < -0.3 is 9.47 Å². The maximum absolute atomic E-state index is 12.8. The molecule has 0 spiro atoms. The average molecular weight is 354 g/mol. The van der Waals surface area contributed by atoms with Crippen LogP contribution >= 0.6 is 0 Å². The van der Waals surface area contributed by atoms with Gasteiger partial charge in [0.25, 0.3) is 0 Å². The van der Waals surface area contributed by atoms with Crippen molar-refractivity contribution >= 4 is 17.7 Å². The van der Waals surface area contributed by atoms with E-state index in [0.717, 1.165) is 0 Å². The monoisotopic (exact) mass is 354 g/mol. The average Bonchev–Trinajstić information content (AvgIpc) is 2.71. The summed E-state index contributed by atoms with van der Waals surface area (Å²) in [4.78, 5) is 37.9. The molecule has 0 aliphatic rings. The molecule has 2 aromatic rings. The Kier molecular flexibility index (Phi) is 6.28. The zero-order chi connectivity index (χ0) is 19.2. The number of carbonyl (C=O) groups is 3. The third-order valence-corrected chi connectivity index (χ3v) is 4.60. The highest BCUT2D eigenvalue weighted by atomic mass is 16.5. The third kappa shape index (κ3) is 3.82. The number of hydrogen-bond acceptors (Lipinski definition) is 5. The Hall–Kier alpha value is -2.95. The highest BCUT2D eigenvalue weighted by molar-refractivity contribution is 6.03. The molecule has 0 aliphatic carbocycles. The quantitative estimate of drug-likeness (QED) is 0.433. The summed E-state index contributed by atoms with van der Waals surface area (Å²) in [6.45, 7) is 1.46. The number of ether oxygens (including phenoxy) is 2. The van der Waals surface area contributed by atoms with Crippen LogP contribution in [0.1, 0.15) is 35.2 Å². The lowest BCUT2D eigenvalue weighted by molar-refractivity contribution is -0.169. The Labute approximate surface area is 152 Å². The molecule has 0 aromatic heterocycles. The first-order valence-electron chi connectivity index (χ1n) is 8.25. The summed E-state index contributed by atoms with van der Waals surface area (Å²) in [5, 5.41) is 0. The van der Waals surface area contributed by atoms with E-state index >= 15 is 0 Å². The minimum atomic E-state index is -1.64. The maximum atomic E-state index is 12.8. The predicted octanol–water partition coefficient (Wildman–Crippen LogP) is 3.40. The first-order valence-corrected chi connectivity index (χ1v) is 8.25. The molecular weight excluding hydrogens is 332 g/mol. The Morgan fingerprint density at radius 1 is 0.846 bits per heavy atom. The van der Waals surface area contributed by atoms with E-state index < -0.39 is 23.3 Å². The molecule has 0 bridgehead atoms. The van der Waals surface area contributed by atoms with Crippen molar-refractivity contribution < 1.29 is 23.9 Å². The summed E-state index contributed by atoms with van der Waals surface area (Å²) in [6.07, 6.45) is -0.0330. The summed E-state index contributed by atoms with van der Waals surface area (Å²) in [7, 11) is 2.43. The SMILES string of the molecule is COC(=O)C(C)(C(=O)OC)C(CC(=O)c1ccccc1)c1ccccc1. The van der Waals surface area contributed by atoms with E-state index in [1.807, 2.05) is 12.1 Å². The lowest BCUT2D eigenvalue weighted by Gasteiger charge is -2.32. The van der Waals surface area contributed by atoms with Crippen molar-refractivity contribution in [2.45, 2.75) is 19.3 Å². The number of hydrogen-bond donors (Lipinski definition) is 0. The van der Waals surface area contributed by atoms with E-state index in [1.165, 1.54) is 21.1 Å². The normalized spacial score (nSPS) is 12.1. The molecule has 0 heterocycles. The molecule has 0 N–H and O–H groups in total. The zero-order valence-corrected chi connectivity index (χ0v) is 15.1.